The Morgan fingerprint density at radius 2 is 0.607 bits per heavy atom. The van der Waals surface area contributed by atoms with Crippen LogP contribution in [0.2, 0.25) is 0 Å². The summed E-state index contributed by atoms with van der Waals surface area (Å²) in [4.78, 5) is 52.7. The van der Waals surface area contributed by atoms with E-state index in [1.54, 1.807) is 48.5 Å². The van der Waals surface area contributed by atoms with E-state index in [2.05, 4.69) is 40.9 Å². The van der Waals surface area contributed by atoms with Crippen molar-refractivity contribution in [1.82, 2.24) is 0 Å². The van der Waals surface area contributed by atoms with Gasteiger partial charge in [-0.2, -0.15) is 0 Å². The highest BCUT2D eigenvalue weighted by Gasteiger charge is 2.54. The van der Waals surface area contributed by atoms with Gasteiger partial charge in [0, 0.05) is 12.2 Å². The van der Waals surface area contributed by atoms with Crippen molar-refractivity contribution < 1.29 is 57.8 Å². The van der Waals surface area contributed by atoms with Crippen molar-refractivity contribution >= 4 is 23.9 Å². The number of rotatable bonds is 57. The second-order valence-electron chi connectivity index (χ2n) is 23.7. The zero-order chi connectivity index (χ0) is 61.2. The summed E-state index contributed by atoms with van der Waals surface area (Å²) in [5.74, 6) is -0.985. The number of aliphatic hydroxyl groups is 2. The predicted molar refractivity (Wildman–Crippen MR) is 342 cm³/mol. The van der Waals surface area contributed by atoms with Gasteiger partial charge >= 0.3 is 23.9 Å². The van der Waals surface area contributed by atoms with E-state index in [0.29, 0.717) is 89.3 Å². The summed E-state index contributed by atoms with van der Waals surface area (Å²) in [5.41, 5.74) is -2.78. The van der Waals surface area contributed by atoms with Crippen molar-refractivity contribution in [2.45, 2.75) is 308 Å². The van der Waals surface area contributed by atoms with Crippen LogP contribution in [0.1, 0.15) is 305 Å². The molecule has 12 heteroatoms. The van der Waals surface area contributed by atoms with E-state index in [4.69, 9.17) is 28.4 Å². The molecule has 0 bridgehead atoms. The SMILES string of the molecule is C=CC(=O)OCCCCCCOc1ccc(C(=O)O[C@H]([C@@H](OC(=O)c2ccc(OCCCCCCOC(=O)C=C)cc2)C(O)(CCCCCCCCC)CCCCCCCCC)C(O)(CCCCCCCCC)CCCCCCCCC)cc1. The average Bonchev–Trinajstić information content (AvgIpc) is 2.68. The summed E-state index contributed by atoms with van der Waals surface area (Å²) in [6, 6.07) is 13.7. The summed E-state index contributed by atoms with van der Waals surface area (Å²) in [6.07, 6.45) is 36.3. The average molecular weight is 1180 g/mol. The first-order valence-electron chi connectivity index (χ1n) is 33.8. The van der Waals surface area contributed by atoms with Crippen LogP contribution in [-0.2, 0) is 28.5 Å². The molecule has 0 saturated carbocycles. The minimum atomic E-state index is -1.65. The molecular formula is C72H118O12. The topological polar surface area (TPSA) is 164 Å². The van der Waals surface area contributed by atoms with E-state index >= 15 is 0 Å². The van der Waals surface area contributed by atoms with Gasteiger partial charge in [0.25, 0.3) is 0 Å². The van der Waals surface area contributed by atoms with Gasteiger partial charge in [-0.05, 0) is 126 Å². The first-order valence-corrected chi connectivity index (χ1v) is 33.8. The van der Waals surface area contributed by atoms with Gasteiger partial charge in [0.1, 0.15) is 22.7 Å². The number of carbonyl (C=O) groups excluding carboxylic acids is 4. The van der Waals surface area contributed by atoms with Crippen LogP contribution in [-0.4, -0.2) is 83.9 Å². The third kappa shape index (κ3) is 35.1. The molecule has 0 spiro atoms. The van der Waals surface area contributed by atoms with E-state index in [9.17, 15) is 29.4 Å². The Hall–Kier alpha value is -4.68. The quantitative estimate of drug-likeness (QED) is 0.0279. The van der Waals surface area contributed by atoms with Gasteiger partial charge in [-0.25, -0.2) is 19.2 Å². The fourth-order valence-corrected chi connectivity index (χ4v) is 11.0. The molecule has 2 rings (SSSR count). The van der Waals surface area contributed by atoms with Gasteiger partial charge in [0.15, 0.2) is 12.2 Å². The molecule has 12 nitrogen and oxygen atoms in total. The molecule has 0 amide bonds. The Balaban J connectivity index is 2.69. The zero-order valence-electron chi connectivity index (χ0n) is 53.4. The third-order valence-electron chi connectivity index (χ3n) is 16.3. The Morgan fingerprint density at radius 3 is 0.869 bits per heavy atom. The summed E-state index contributed by atoms with van der Waals surface area (Å²) >= 11 is 0. The second-order valence-corrected chi connectivity index (χ2v) is 23.7. The first-order chi connectivity index (χ1) is 40.9. The maximum atomic E-state index is 15.0. The maximum Gasteiger partial charge on any atom is 0.338 e. The molecule has 2 aromatic rings. The van der Waals surface area contributed by atoms with Gasteiger partial charge in [-0.15, -0.1) is 0 Å². The number of hydrogen-bond donors (Lipinski definition) is 2. The number of ether oxygens (including phenoxy) is 6. The molecule has 2 N–H and O–H groups in total. The standard InChI is InChI=1S/C72H118O12/c1-7-13-17-21-25-29-37-53-71(77,54-38-30-26-22-18-14-8-2)67(83-69(75)61-45-49-63(50-46-61)79-57-41-33-35-43-59-81-65(73)11-5)68(72(78,55-39-31-27-23-19-15-9-3)56-40-32-28-24-20-16-10-4)84-70(76)62-47-51-64(52-48-62)80-58-42-34-36-44-60-82-66(74)12-6/h11-12,45-52,67-68,77-78H,5-10,13-44,53-60H2,1-4H3/t67-,68-/m1/s1. The smallest absolute Gasteiger partial charge is 0.338 e. The molecule has 0 saturated heterocycles. The molecule has 0 heterocycles. The normalized spacial score (nSPS) is 12.3. The van der Waals surface area contributed by atoms with Crippen LogP contribution in [0.5, 0.6) is 11.5 Å². The van der Waals surface area contributed by atoms with Crippen LogP contribution in [0, 0.1) is 0 Å². The van der Waals surface area contributed by atoms with Crippen molar-refractivity contribution in [2.75, 3.05) is 26.4 Å². The summed E-state index contributed by atoms with van der Waals surface area (Å²) in [7, 11) is 0. The van der Waals surface area contributed by atoms with Crippen LogP contribution < -0.4 is 9.47 Å². The third-order valence-corrected chi connectivity index (χ3v) is 16.3. The second kappa shape index (κ2) is 49.4. The van der Waals surface area contributed by atoms with E-state index in [1.807, 2.05) is 0 Å². The van der Waals surface area contributed by atoms with Gasteiger partial charge in [0.05, 0.1) is 37.6 Å². The molecule has 0 aliphatic rings. The summed E-state index contributed by atoms with van der Waals surface area (Å²) in [6.45, 7) is 17.4. The molecule has 84 heavy (non-hydrogen) atoms. The molecule has 0 fully saturated rings. The molecule has 2 atom stereocenters. The minimum Gasteiger partial charge on any atom is -0.494 e. The molecular weight excluding hydrogens is 1060 g/mol. The Bertz CT molecular complexity index is 1800. The van der Waals surface area contributed by atoms with E-state index in [0.717, 1.165) is 180 Å². The lowest BCUT2D eigenvalue weighted by molar-refractivity contribution is -0.196. The van der Waals surface area contributed by atoms with E-state index in [-0.39, 0.29) is 11.1 Å². The van der Waals surface area contributed by atoms with Crippen LogP contribution in [0.3, 0.4) is 0 Å². The molecule has 478 valence electrons. The van der Waals surface area contributed by atoms with Crippen molar-refractivity contribution in [3.63, 3.8) is 0 Å². The molecule has 2 aromatic carbocycles. The van der Waals surface area contributed by atoms with Gasteiger partial charge in [0.2, 0.25) is 0 Å². The minimum absolute atomic E-state index is 0.257. The highest BCUT2D eigenvalue weighted by Crippen LogP contribution is 2.40. The number of unbranched alkanes of at least 4 members (excludes halogenated alkanes) is 30. The summed E-state index contributed by atoms with van der Waals surface area (Å²) in [5, 5.41) is 27.4. The monoisotopic (exact) mass is 1170 g/mol. The first kappa shape index (κ1) is 75.4. The van der Waals surface area contributed by atoms with Gasteiger partial charge in [-0.1, -0.05) is 221 Å². The summed E-state index contributed by atoms with van der Waals surface area (Å²) < 4.78 is 35.9. The van der Waals surface area contributed by atoms with Gasteiger partial charge in [-0.3, -0.25) is 0 Å². The highest BCUT2D eigenvalue weighted by molar-refractivity contribution is 5.91. The van der Waals surface area contributed by atoms with E-state index < -0.39 is 47.3 Å². The lowest BCUT2D eigenvalue weighted by atomic mass is 9.74. The fourth-order valence-electron chi connectivity index (χ4n) is 11.0. The van der Waals surface area contributed by atoms with Crippen LogP contribution in [0.15, 0.2) is 73.8 Å². The Kier molecular flexibility index (Phi) is 44.4. The molecule has 0 unspecified atom stereocenters. The van der Waals surface area contributed by atoms with Crippen molar-refractivity contribution in [3.8, 4) is 11.5 Å². The maximum absolute atomic E-state index is 15.0. The Labute approximate surface area is 510 Å². The van der Waals surface area contributed by atoms with Crippen molar-refractivity contribution in [3.05, 3.63) is 85.0 Å². The number of esters is 4. The van der Waals surface area contributed by atoms with Crippen molar-refractivity contribution in [2.24, 2.45) is 0 Å². The van der Waals surface area contributed by atoms with Gasteiger partial charge < -0.3 is 38.6 Å². The van der Waals surface area contributed by atoms with E-state index in [1.165, 1.54) is 37.8 Å². The zero-order valence-corrected chi connectivity index (χ0v) is 53.4. The molecule has 0 aliphatic carbocycles. The molecule has 0 aromatic heterocycles. The lowest BCUT2D eigenvalue weighted by Crippen LogP contribution is -2.61. The number of benzene rings is 2. The van der Waals surface area contributed by atoms with Crippen LogP contribution >= 0.6 is 0 Å². The fraction of sp³-hybridized carbons (Fsp3) is 0.722. The number of hydrogen-bond acceptors (Lipinski definition) is 12. The predicted octanol–water partition coefficient (Wildman–Crippen LogP) is 18.8. The number of carbonyl (C=O) groups is 4. The highest BCUT2D eigenvalue weighted by atomic mass is 16.6. The van der Waals surface area contributed by atoms with Crippen molar-refractivity contribution in [1.29, 1.82) is 0 Å². The largest absolute Gasteiger partial charge is 0.494 e. The molecule has 0 aliphatic heterocycles. The Morgan fingerprint density at radius 1 is 0.369 bits per heavy atom. The van der Waals surface area contributed by atoms with Crippen LogP contribution in [0.25, 0.3) is 0 Å². The lowest BCUT2D eigenvalue weighted by Gasteiger charge is -2.46. The van der Waals surface area contributed by atoms with Crippen LogP contribution in [0.4, 0.5) is 0 Å². The molecule has 0 radical (unpaired) electrons.